The molecular weight excluding hydrogens is 201 g/mol. The number of rotatable bonds is 2. The van der Waals surface area contributed by atoms with Crippen LogP contribution >= 0.6 is 0 Å². The molecule has 1 rings (SSSR count). The van der Waals surface area contributed by atoms with Crippen LogP contribution in [0.4, 0.5) is 13.2 Å². The second kappa shape index (κ2) is 4.02. The van der Waals surface area contributed by atoms with Crippen molar-refractivity contribution < 1.29 is 17.7 Å². The third kappa shape index (κ3) is 3.69. The Labute approximate surface area is 76.8 Å². The van der Waals surface area contributed by atoms with E-state index in [4.69, 9.17) is 0 Å². The maximum atomic E-state index is 11.8. The topological polar surface area (TPSA) is 23.1 Å². The number of hydrogen-bond donors (Lipinski definition) is 0. The highest BCUT2D eigenvalue weighted by Crippen LogP contribution is 2.21. The molecule has 0 amide bonds. The molecule has 0 N–H and O–H groups in total. The lowest BCUT2D eigenvalue weighted by Gasteiger charge is -2.11. The van der Waals surface area contributed by atoms with Gasteiger partial charge in [0.2, 0.25) is 5.75 Å². The molecule has 1 aromatic rings. The van der Waals surface area contributed by atoms with E-state index < -0.39 is 23.1 Å². The summed E-state index contributed by atoms with van der Waals surface area (Å²) in [5, 5.41) is 0. The van der Waals surface area contributed by atoms with E-state index in [2.05, 4.69) is 0 Å². The Balaban J connectivity index is 2.64. The van der Waals surface area contributed by atoms with E-state index in [0.717, 1.165) is 0 Å². The molecule has 0 aromatic heterocycles. The van der Waals surface area contributed by atoms with Gasteiger partial charge in [-0.05, 0) is 23.3 Å². The van der Waals surface area contributed by atoms with E-state index in [1.165, 1.54) is 12.1 Å². The lowest BCUT2D eigenvalue weighted by atomic mass is 10.4. The molecule has 1 nitrogen and oxygen atoms in total. The standard InChI is InChI=1S/C8H7F3OS/c9-8(10,11)6-13(12)7-4-2-1-3-5-7/h1-5H,6H2. The summed E-state index contributed by atoms with van der Waals surface area (Å²) < 4.78 is 46.4. The predicted molar refractivity (Wildman–Crippen MR) is 43.8 cm³/mol. The van der Waals surface area contributed by atoms with Crippen molar-refractivity contribution in [3.63, 3.8) is 0 Å². The first-order chi connectivity index (χ1) is 5.99. The highest BCUT2D eigenvalue weighted by atomic mass is 32.2. The first-order valence-electron chi connectivity index (χ1n) is 3.49. The van der Waals surface area contributed by atoms with Crippen LogP contribution in [0, 0.1) is 0 Å². The molecule has 0 aliphatic heterocycles. The van der Waals surface area contributed by atoms with E-state index in [0.29, 0.717) is 0 Å². The van der Waals surface area contributed by atoms with Crippen LogP contribution in [0.2, 0.25) is 0 Å². The van der Waals surface area contributed by atoms with Gasteiger partial charge in [-0.2, -0.15) is 13.2 Å². The van der Waals surface area contributed by atoms with Gasteiger partial charge >= 0.3 is 6.18 Å². The normalized spacial score (nSPS) is 14.2. The average Bonchev–Trinajstić information content (AvgIpc) is 2.03. The number of alkyl halides is 3. The Hall–Kier alpha value is -0.680. The van der Waals surface area contributed by atoms with Crippen LogP contribution in [-0.4, -0.2) is 16.5 Å². The molecule has 0 heterocycles. The predicted octanol–water partition coefficient (Wildman–Crippen LogP) is 2.36. The Kier molecular flexibility index (Phi) is 3.22. The first kappa shape index (κ1) is 10.4. The van der Waals surface area contributed by atoms with Crippen molar-refractivity contribution in [2.24, 2.45) is 0 Å². The zero-order valence-corrected chi connectivity index (χ0v) is 7.36. The van der Waals surface area contributed by atoms with Gasteiger partial charge in [0.15, 0.2) is 4.90 Å². The average molecular weight is 208 g/mol. The molecule has 1 aromatic carbocycles. The van der Waals surface area contributed by atoms with E-state index in [1.807, 2.05) is 0 Å². The quantitative estimate of drug-likeness (QED) is 0.684. The van der Waals surface area contributed by atoms with Crippen molar-refractivity contribution >= 4 is 11.2 Å². The maximum absolute atomic E-state index is 11.8. The molecule has 5 heteroatoms. The smallest absolute Gasteiger partial charge is 0.433 e. The van der Waals surface area contributed by atoms with Crippen LogP contribution in [0.25, 0.3) is 0 Å². The molecule has 1 atom stereocenters. The molecule has 13 heavy (non-hydrogen) atoms. The third-order valence-electron chi connectivity index (χ3n) is 1.30. The van der Waals surface area contributed by atoms with E-state index >= 15 is 0 Å². The van der Waals surface area contributed by atoms with Crippen LogP contribution in [0.3, 0.4) is 0 Å². The monoisotopic (exact) mass is 208 g/mol. The van der Waals surface area contributed by atoms with Crippen LogP contribution in [0.15, 0.2) is 35.2 Å². The van der Waals surface area contributed by atoms with Gasteiger partial charge in [0.05, 0.1) is 0 Å². The molecule has 0 bridgehead atoms. The lowest BCUT2D eigenvalue weighted by molar-refractivity contribution is -0.106. The molecule has 0 aliphatic rings. The van der Waals surface area contributed by atoms with Gasteiger partial charge in [0.1, 0.15) is 0 Å². The minimum absolute atomic E-state index is 0.208. The van der Waals surface area contributed by atoms with Gasteiger partial charge in [-0.1, -0.05) is 18.2 Å². The fraction of sp³-hybridized carbons (Fsp3) is 0.250. The fourth-order valence-corrected chi connectivity index (χ4v) is 1.73. The summed E-state index contributed by atoms with van der Waals surface area (Å²) in [7, 11) is 0. The largest absolute Gasteiger partial charge is 0.611 e. The van der Waals surface area contributed by atoms with Crippen molar-refractivity contribution in [2.45, 2.75) is 11.1 Å². The number of hydrogen-bond acceptors (Lipinski definition) is 1. The maximum Gasteiger partial charge on any atom is 0.433 e. The molecule has 0 saturated heterocycles. The molecule has 0 radical (unpaired) electrons. The summed E-state index contributed by atoms with van der Waals surface area (Å²) in [5.74, 6) is -1.28. The fourth-order valence-electron chi connectivity index (χ4n) is 0.804. The Bertz CT molecular complexity index is 260. The third-order valence-corrected chi connectivity index (χ3v) is 2.69. The zero-order valence-electron chi connectivity index (χ0n) is 6.54. The summed E-state index contributed by atoms with van der Waals surface area (Å²) in [6, 6.07) is 7.62. The molecule has 0 saturated carbocycles. The summed E-state index contributed by atoms with van der Waals surface area (Å²) in [6.45, 7) is 0. The van der Waals surface area contributed by atoms with Crippen molar-refractivity contribution in [3.8, 4) is 0 Å². The molecule has 1 unspecified atom stereocenters. The van der Waals surface area contributed by atoms with Crippen LogP contribution in [-0.2, 0) is 11.2 Å². The van der Waals surface area contributed by atoms with Crippen LogP contribution < -0.4 is 0 Å². The number of benzene rings is 1. The summed E-state index contributed by atoms with van der Waals surface area (Å²) >= 11 is -1.98. The van der Waals surface area contributed by atoms with E-state index in [9.17, 15) is 17.7 Å². The van der Waals surface area contributed by atoms with Gasteiger partial charge < -0.3 is 4.55 Å². The van der Waals surface area contributed by atoms with E-state index in [-0.39, 0.29) is 4.90 Å². The van der Waals surface area contributed by atoms with Gasteiger partial charge in [0, 0.05) is 0 Å². The summed E-state index contributed by atoms with van der Waals surface area (Å²) in [5.41, 5.74) is 0. The zero-order chi connectivity index (χ0) is 9.90. The second-order valence-electron chi connectivity index (χ2n) is 2.42. The van der Waals surface area contributed by atoms with Crippen LogP contribution in [0.5, 0.6) is 0 Å². The van der Waals surface area contributed by atoms with Crippen LogP contribution in [0.1, 0.15) is 0 Å². The molecule has 0 spiro atoms. The molecule has 72 valence electrons. The van der Waals surface area contributed by atoms with Gasteiger partial charge in [-0.15, -0.1) is 0 Å². The van der Waals surface area contributed by atoms with Gasteiger partial charge in [0.25, 0.3) is 0 Å². The van der Waals surface area contributed by atoms with Crippen molar-refractivity contribution in [2.75, 3.05) is 5.75 Å². The Morgan fingerprint density at radius 3 is 2.15 bits per heavy atom. The highest BCUT2D eigenvalue weighted by Gasteiger charge is 2.35. The van der Waals surface area contributed by atoms with Gasteiger partial charge in [-0.3, -0.25) is 0 Å². The van der Waals surface area contributed by atoms with Crippen molar-refractivity contribution in [3.05, 3.63) is 30.3 Å². The Morgan fingerprint density at radius 1 is 1.15 bits per heavy atom. The summed E-state index contributed by atoms with van der Waals surface area (Å²) in [4.78, 5) is 0.208. The highest BCUT2D eigenvalue weighted by molar-refractivity contribution is 7.91. The minimum atomic E-state index is -4.37. The second-order valence-corrected chi connectivity index (χ2v) is 3.87. The van der Waals surface area contributed by atoms with E-state index in [1.54, 1.807) is 18.2 Å². The SMILES string of the molecule is [O-][S+](CC(F)(F)F)c1ccccc1. The first-order valence-corrected chi connectivity index (χ1v) is 4.81. The van der Waals surface area contributed by atoms with Gasteiger partial charge in [-0.25, -0.2) is 0 Å². The molecule has 0 aliphatic carbocycles. The Morgan fingerprint density at radius 2 is 1.69 bits per heavy atom. The van der Waals surface area contributed by atoms with Crippen molar-refractivity contribution in [1.82, 2.24) is 0 Å². The number of halogens is 3. The molecular formula is C8H7F3OS. The van der Waals surface area contributed by atoms with Crippen molar-refractivity contribution in [1.29, 1.82) is 0 Å². The minimum Gasteiger partial charge on any atom is -0.611 e. The molecule has 0 fully saturated rings. The summed E-state index contributed by atoms with van der Waals surface area (Å²) in [6.07, 6.45) is -4.37. The lowest BCUT2D eigenvalue weighted by Crippen LogP contribution is -2.22.